The highest BCUT2D eigenvalue weighted by molar-refractivity contribution is 7.09. The number of ketones is 1. The molecular weight excluding hydrogens is 210 g/mol. The summed E-state index contributed by atoms with van der Waals surface area (Å²) in [7, 11) is 0. The summed E-state index contributed by atoms with van der Waals surface area (Å²) in [5.41, 5.74) is 0. The molecule has 2 aliphatic rings. The number of carbonyl (C=O) groups excluding carboxylic acids is 1. The second-order valence-electron chi connectivity index (χ2n) is 4.29. The Morgan fingerprint density at radius 2 is 2.53 bits per heavy atom. The van der Waals surface area contributed by atoms with Crippen LogP contribution in [0.15, 0.2) is 11.6 Å². The van der Waals surface area contributed by atoms with Crippen molar-refractivity contribution in [3.63, 3.8) is 0 Å². The van der Waals surface area contributed by atoms with Gasteiger partial charge >= 0.3 is 0 Å². The van der Waals surface area contributed by atoms with Crippen LogP contribution in [0.3, 0.4) is 0 Å². The fourth-order valence-corrected chi connectivity index (χ4v) is 3.22. The molecule has 80 valence electrons. The van der Waals surface area contributed by atoms with Gasteiger partial charge in [0.1, 0.15) is 5.78 Å². The quantitative estimate of drug-likeness (QED) is 0.784. The number of Topliss-reactive ketones (excluding diaryl/α,β-unsaturated/α-hetero) is 1. The maximum atomic E-state index is 12.0. The van der Waals surface area contributed by atoms with Gasteiger partial charge in [0.05, 0.1) is 23.6 Å². The molecule has 0 spiro atoms. The van der Waals surface area contributed by atoms with Crippen LogP contribution in [-0.2, 0) is 16.0 Å². The van der Waals surface area contributed by atoms with Crippen molar-refractivity contribution in [2.45, 2.75) is 37.9 Å². The van der Waals surface area contributed by atoms with E-state index in [9.17, 15) is 4.79 Å². The van der Waals surface area contributed by atoms with Gasteiger partial charge in [0.15, 0.2) is 0 Å². The molecule has 0 amide bonds. The highest BCUT2D eigenvalue weighted by atomic mass is 32.1. The van der Waals surface area contributed by atoms with Crippen LogP contribution in [0, 0.1) is 5.92 Å². The summed E-state index contributed by atoms with van der Waals surface area (Å²) in [6.45, 7) is 0. The van der Waals surface area contributed by atoms with Crippen LogP contribution in [0.5, 0.6) is 0 Å². The molecule has 2 bridgehead atoms. The molecule has 3 unspecified atom stereocenters. The van der Waals surface area contributed by atoms with Crippen LogP contribution in [0.2, 0.25) is 0 Å². The minimum Gasteiger partial charge on any atom is -0.374 e. The number of thiazole rings is 1. The number of aromatic nitrogens is 1. The van der Waals surface area contributed by atoms with E-state index >= 15 is 0 Å². The molecule has 0 aromatic carbocycles. The SMILES string of the molecule is O=C(Cc1nccs1)C1CC2CCC1O2. The van der Waals surface area contributed by atoms with Gasteiger partial charge in [-0.3, -0.25) is 4.79 Å². The molecule has 2 fully saturated rings. The van der Waals surface area contributed by atoms with E-state index in [-0.39, 0.29) is 12.0 Å². The normalized spacial score (nSPS) is 33.5. The molecule has 0 N–H and O–H groups in total. The van der Waals surface area contributed by atoms with Gasteiger partial charge in [0.2, 0.25) is 0 Å². The van der Waals surface area contributed by atoms with Crippen LogP contribution in [-0.4, -0.2) is 23.0 Å². The molecule has 1 aromatic rings. The monoisotopic (exact) mass is 223 g/mol. The maximum absolute atomic E-state index is 12.0. The van der Waals surface area contributed by atoms with Crippen molar-refractivity contribution in [3.8, 4) is 0 Å². The van der Waals surface area contributed by atoms with Gasteiger partial charge in [-0.05, 0) is 19.3 Å². The van der Waals surface area contributed by atoms with Crippen molar-refractivity contribution in [1.82, 2.24) is 4.98 Å². The summed E-state index contributed by atoms with van der Waals surface area (Å²) in [6, 6.07) is 0. The summed E-state index contributed by atoms with van der Waals surface area (Å²) < 4.78 is 5.69. The molecule has 2 saturated heterocycles. The molecule has 0 radical (unpaired) electrons. The largest absolute Gasteiger partial charge is 0.374 e. The Balaban J connectivity index is 1.66. The molecule has 15 heavy (non-hydrogen) atoms. The van der Waals surface area contributed by atoms with E-state index in [4.69, 9.17) is 4.74 Å². The van der Waals surface area contributed by atoms with Crippen LogP contribution < -0.4 is 0 Å². The minimum absolute atomic E-state index is 0.146. The third kappa shape index (κ3) is 1.72. The topological polar surface area (TPSA) is 39.2 Å². The zero-order chi connectivity index (χ0) is 10.3. The van der Waals surface area contributed by atoms with Crippen LogP contribution in [0.4, 0.5) is 0 Å². The fraction of sp³-hybridized carbons (Fsp3) is 0.636. The first-order valence-corrected chi connectivity index (χ1v) is 6.27. The maximum Gasteiger partial charge on any atom is 0.145 e. The average Bonchev–Trinajstić information content (AvgIpc) is 2.93. The van der Waals surface area contributed by atoms with E-state index in [0.717, 1.165) is 24.3 Å². The predicted molar refractivity (Wildman–Crippen MR) is 56.8 cm³/mol. The number of rotatable bonds is 3. The van der Waals surface area contributed by atoms with Gasteiger partial charge in [-0.15, -0.1) is 11.3 Å². The predicted octanol–water partition coefficient (Wildman–Crippen LogP) is 1.82. The standard InChI is InChI=1S/C11H13NO2S/c13-9(6-11-12-3-4-15-11)8-5-7-1-2-10(8)14-7/h3-4,7-8,10H,1-2,5-6H2. The van der Waals surface area contributed by atoms with Crippen molar-refractivity contribution in [2.75, 3.05) is 0 Å². The fourth-order valence-electron chi connectivity index (χ4n) is 2.60. The van der Waals surface area contributed by atoms with E-state index in [1.165, 1.54) is 0 Å². The lowest BCUT2D eigenvalue weighted by atomic mass is 9.85. The summed E-state index contributed by atoms with van der Waals surface area (Å²) in [6.07, 6.45) is 5.97. The lowest BCUT2D eigenvalue weighted by Crippen LogP contribution is -2.26. The first-order chi connectivity index (χ1) is 7.33. The average molecular weight is 223 g/mol. The Hall–Kier alpha value is -0.740. The smallest absolute Gasteiger partial charge is 0.145 e. The Kier molecular flexibility index (Phi) is 2.33. The summed E-state index contributed by atoms with van der Waals surface area (Å²) >= 11 is 1.56. The second kappa shape index (κ2) is 3.68. The Labute approximate surface area is 92.5 Å². The van der Waals surface area contributed by atoms with E-state index in [1.807, 2.05) is 5.38 Å². The molecule has 3 nitrogen and oxygen atoms in total. The van der Waals surface area contributed by atoms with E-state index in [0.29, 0.717) is 18.3 Å². The molecule has 1 aromatic heterocycles. The van der Waals surface area contributed by atoms with Gasteiger partial charge in [0.25, 0.3) is 0 Å². The molecule has 3 rings (SSSR count). The molecule has 2 aliphatic heterocycles. The molecule has 3 atom stereocenters. The summed E-state index contributed by atoms with van der Waals surface area (Å²) in [5.74, 6) is 0.463. The highest BCUT2D eigenvalue weighted by Crippen LogP contribution is 2.39. The number of hydrogen-bond donors (Lipinski definition) is 0. The minimum atomic E-state index is 0.146. The highest BCUT2D eigenvalue weighted by Gasteiger charge is 2.43. The third-order valence-electron chi connectivity index (χ3n) is 3.33. The van der Waals surface area contributed by atoms with E-state index in [1.54, 1.807) is 17.5 Å². The first kappa shape index (κ1) is 9.48. The molecule has 0 saturated carbocycles. The molecular formula is C11H13NO2S. The first-order valence-electron chi connectivity index (χ1n) is 5.39. The molecule has 3 heterocycles. The van der Waals surface area contributed by atoms with E-state index < -0.39 is 0 Å². The van der Waals surface area contributed by atoms with Crippen molar-refractivity contribution in [1.29, 1.82) is 0 Å². The lowest BCUT2D eigenvalue weighted by molar-refractivity contribution is -0.123. The van der Waals surface area contributed by atoms with Crippen LogP contribution in [0.1, 0.15) is 24.3 Å². The van der Waals surface area contributed by atoms with Crippen molar-refractivity contribution in [3.05, 3.63) is 16.6 Å². The Morgan fingerprint density at radius 1 is 1.60 bits per heavy atom. The van der Waals surface area contributed by atoms with Gasteiger partial charge in [-0.2, -0.15) is 0 Å². The molecule has 4 heteroatoms. The van der Waals surface area contributed by atoms with Gasteiger partial charge < -0.3 is 4.74 Å². The van der Waals surface area contributed by atoms with Crippen LogP contribution in [0.25, 0.3) is 0 Å². The van der Waals surface area contributed by atoms with Gasteiger partial charge in [-0.1, -0.05) is 0 Å². The van der Waals surface area contributed by atoms with Crippen molar-refractivity contribution >= 4 is 17.1 Å². The van der Waals surface area contributed by atoms with Crippen molar-refractivity contribution in [2.24, 2.45) is 5.92 Å². The zero-order valence-corrected chi connectivity index (χ0v) is 9.20. The number of fused-ring (bicyclic) bond motifs is 2. The van der Waals surface area contributed by atoms with Crippen molar-refractivity contribution < 1.29 is 9.53 Å². The molecule has 0 aliphatic carbocycles. The van der Waals surface area contributed by atoms with Gasteiger partial charge in [-0.25, -0.2) is 4.98 Å². The number of hydrogen-bond acceptors (Lipinski definition) is 4. The lowest BCUT2D eigenvalue weighted by Gasteiger charge is -2.16. The summed E-state index contributed by atoms with van der Waals surface area (Å²) in [4.78, 5) is 16.1. The second-order valence-corrected chi connectivity index (χ2v) is 5.26. The van der Waals surface area contributed by atoms with Gasteiger partial charge in [0, 0.05) is 17.5 Å². The third-order valence-corrected chi connectivity index (χ3v) is 4.11. The van der Waals surface area contributed by atoms with Crippen LogP contribution >= 0.6 is 11.3 Å². The number of ether oxygens (including phenoxy) is 1. The Morgan fingerprint density at radius 3 is 3.13 bits per heavy atom. The van der Waals surface area contributed by atoms with E-state index in [2.05, 4.69) is 4.98 Å². The zero-order valence-electron chi connectivity index (χ0n) is 8.39. The summed E-state index contributed by atoms with van der Waals surface area (Å²) in [5, 5.41) is 2.85. The Bertz CT molecular complexity index is 363. The number of nitrogens with zero attached hydrogens (tertiary/aromatic N) is 1. The number of carbonyl (C=O) groups is 1.